The van der Waals surface area contributed by atoms with Crippen molar-refractivity contribution in [2.24, 2.45) is 0 Å². The number of carbonyl (C=O) groups excluding carboxylic acids is 2. The molecule has 0 aromatic rings. The van der Waals surface area contributed by atoms with Gasteiger partial charge in [0.25, 0.3) is 0 Å². The zero-order valence-corrected chi connectivity index (χ0v) is 6.39. The van der Waals surface area contributed by atoms with Gasteiger partial charge in [-0.3, -0.25) is 9.59 Å². The molecule has 0 aromatic carbocycles. The molecular weight excluding hydrogens is 128 g/mol. The summed E-state index contributed by atoms with van der Waals surface area (Å²) in [5.41, 5.74) is 0. The minimum Gasteiger partial charge on any atom is -0.295 e. The van der Waals surface area contributed by atoms with Gasteiger partial charge in [-0.15, -0.1) is 0 Å². The van der Waals surface area contributed by atoms with Gasteiger partial charge in [0.2, 0.25) is 0 Å². The van der Waals surface area contributed by atoms with E-state index in [9.17, 15) is 9.59 Å². The van der Waals surface area contributed by atoms with Crippen molar-refractivity contribution in [2.45, 2.75) is 13.8 Å². The number of hydrogen-bond acceptors (Lipinski definition) is 2. The third-order valence-electron chi connectivity index (χ3n) is 0.575. The Morgan fingerprint density at radius 1 is 1.00 bits per heavy atom. The van der Waals surface area contributed by atoms with E-state index in [1.807, 2.05) is 0 Å². The first-order valence-electron chi connectivity index (χ1n) is 2.80. The van der Waals surface area contributed by atoms with E-state index >= 15 is 0 Å². The lowest BCUT2D eigenvalue weighted by molar-refractivity contribution is -0.113. The first-order chi connectivity index (χ1) is 4.54. The minimum absolute atomic E-state index is 0.0185. The van der Waals surface area contributed by atoms with E-state index in [-0.39, 0.29) is 11.6 Å². The molecule has 0 aliphatic heterocycles. The average molecular weight is 140 g/mol. The molecule has 0 N–H and O–H groups in total. The Labute approximate surface area is 61.2 Å². The number of ketones is 2. The second kappa shape index (κ2) is 7.82. The molecular formula is C8H12O2. The highest BCUT2D eigenvalue weighted by Gasteiger charge is 1.70. The molecule has 0 aliphatic carbocycles. The van der Waals surface area contributed by atoms with Gasteiger partial charge >= 0.3 is 0 Å². The largest absolute Gasteiger partial charge is 0.295 e. The van der Waals surface area contributed by atoms with E-state index < -0.39 is 0 Å². The summed E-state index contributed by atoms with van der Waals surface area (Å²) < 4.78 is 0. The van der Waals surface area contributed by atoms with Crippen LogP contribution >= 0.6 is 0 Å². The summed E-state index contributed by atoms with van der Waals surface area (Å²) in [6, 6.07) is 0. The Morgan fingerprint density at radius 2 is 1.10 bits per heavy atom. The Hall–Kier alpha value is -1.18. The predicted molar refractivity (Wildman–Crippen MR) is 41.8 cm³/mol. The smallest absolute Gasteiger partial charge is 0.152 e. The van der Waals surface area contributed by atoms with Crippen LogP contribution in [0.4, 0.5) is 0 Å². The summed E-state index contributed by atoms with van der Waals surface area (Å²) in [6.45, 7) is 9.35. The highest BCUT2D eigenvalue weighted by atomic mass is 16.1. The standard InChI is InChI=1S/2C4H6O/c2*1-3-4(2)5/h2*3H,1H2,2H3. The lowest BCUT2D eigenvalue weighted by atomic mass is 10.5. The van der Waals surface area contributed by atoms with Crippen molar-refractivity contribution in [1.29, 1.82) is 0 Å². The summed E-state index contributed by atoms with van der Waals surface area (Å²) in [6.07, 6.45) is 2.56. The van der Waals surface area contributed by atoms with Crippen LogP contribution in [0.1, 0.15) is 13.8 Å². The van der Waals surface area contributed by atoms with E-state index in [0.29, 0.717) is 0 Å². The third-order valence-corrected chi connectivity index (χ3v) is 0.575. The molecule has 0 bridgehead atoms. The molecule has 2 heteroatoms. The van der Waals surface area contributed by atoms with Crippen molar-refractivity contribution in [3.8, 4) is 0 Å². The Morgan fingerprint density at radius 3 is 1.10 bits per heavy atom. The zero-order chi connectivity index (χ0) is 8.57. The highest BCUT2D eigenvalue weighted by Crippen LogP contribution is 1.61. The monoisotopic (exact) mass is 140 g/mol. The molecule has 0 radical (unpaired) electrons. The molecule has 0 fully saturated rings. The maximum absolute atomic E-state index is 9.69. The molecule has 0 atom stereocenters. The molecule has 0 spiro atoms. The number of carbonyl (C=O) groups is 2. The molecule has 56 valence electrons. The minimum atomic E-state index is 0.0185. The molecule has 0 aliphatic rings. The van der Waals surface area contributed by atoms with Crippen LogP contribution < -0.4 is 0 Å². The second-order valence-electron chi connectivity index (χ2n) is 1.63. The van der Waals surface area contributed by atoms with Crippen molar-refractivity contribution < 1.29 is 9.59 Å². The Bertz CT molecular complexity index is 127. The molecule has 10 heavy (non-hydrogen) atoms. The van der Waals surface area contributed by atoms with E-state index in [1.165, 1.54) is 26.0 Å². The quantitative estimate of drug-likeness (QED) is 0.545. The summed E-state index contributed by atoms with van der Waals surface area (Å²) in [5.74, 6) is 0.0370. The maximum atomic E-state index is 9.69. The van der Waals surface area contributed by atoms with E-state index in [0.717, 1.165) is 0 Å². The van der Waals surface area contributed by atoms with E-state index in [4.69, 9.17) is 0 Å². The first-order valence-corrected chi connectivity index (χ1v) is 2.80. The second-order valence-corrected chi connectivity index (χ2v) is 1.63. The molecule has 0 saturated carbocycles. The molecule has 0 amide bonds. The van der Waals surface area contributed by atoms with Crippen molar-refractivity contribution in [1.82, 2.24) is 0 Å². The fourth-order valence-corrected chi connectivity index (χ4v) is 0. The van der Waals surface area contributed by atoms with E-state index in [2.05, 4.69) is 13.2 Å². The zero-order valence-electron chi connectivity index (χ0n) is 6.39. The predicted octanol–water partition coefficient (Wildman–Crippen LogP) is 1.52. The summed E-state index contributed by atoms with van der Waals surface area (Å²) in [7, 11) is 0. The van der Waals surface area contributed by atoms with Crippen molar-refractivity contribution in [3.63, 3.8) is 0 Å². The fraction of sp³-hybridized carbons (Fsp3) is 0.250. The highest BCUT2D eigenvalue weighted by molar-refractivity contribution is 5.86. The summed E-state index contributed by atoms with van der Waals surface area (Å²) in [5, 5.41) is 0. The van der Waals surface area contributed by atoms with E-state index in [1.54, 1.807) is 0 Å². The van der Waals surface area contributed by atoms with Crippen LogP contribution in [0.3, 0.4) is 0 Å². The SMILES string of the molecule is C=CC(C)=O.C=CC(C)=O. The number of hydrogen-bond donors (Lipinski definition) is 0. The van der Waals surface area contributed by atoms with Crippen LogP contribution in [0.2, 0.25) is 0 Å². The maximum Gasteiger partial charge on any atom is 0.152 e. The van der Waals surface area contributed by atoms with Gasteiger partial charge in [0.1, 0.15) is 0 Å². The van der Waals surface area contributed by atoms with Gasteiger partial charge in [-0.05, 0) is 26.0 Å². The topological polar surface area (TPSA) is 34.1 Å². The van der Waals surface area contributed by atoms with Crippen LogP contribution in [-0.4, -0.2) is 11.6 Å². The van der Waals surface area contributed by atoms with Gasteiger partial charge in [-0.1, -0.05) is 13.2 Å². The van der Waals surface area contributed by atoms with Crippen molar-refractivity contribution in [3.05, 3.63) is 25.3 Å². The molecule has 0 aromatic heterocycles. The van der Waals surface area contributed by atoms with Crippen LogP contribution in [0, 0.1) is 0 Å². The third kappa shape index (κ3) is 29.0. The van der Waals surface area contributed by atoms with Gasteiger partial charge in [0.05, 0.1) is 0 Å². The van der Waals surface area contributed by atoms with Crippen LogP contribution in [0.15, 0.2) is 25.3 Å². The van der Waals surface area contributed by atoms with Gasteiger partial charge in [-0.25, -0.2) is 0 Å². The molecule has 2 nitrogen and oxygen atoms in total. The lowest BCUT2D eigenvalue weighted by Gasteiger charge is -1.62. The van der Waals surface area contributed by atoms with Gasteiger partial charge < -0.3 is 0 Å². The number of allylic oxidation sites excluding steroid dienone is 2. The fourth-order valence-electron chi connectivity index (χ4n) is 0. The van der Waals surface area contributed by atoms with Gasteiger partial charge in [0.15, 0.2) is 11.6 Å². The molecule has 0 saturated heterocycles. The average Bonchev–Trinajstić information content (AvgIpc) is 1.89. The molecule has 0 rings (SSSR count). The summed E-state index contributed by atoms with van der Waals surface area (Å²) in [4.78, 5) is 19.4. The molecule has 0 unspecified atom stereocenters. The van der Waals surface area contributed by atoms with Gasteiger partial charge in [-0.2, -0.15) is 0 Å². The summed E-state index contributed by atoms with van der Waals surface area (Å²) >= 11 is 0. The Balaban J connectivity index is 0. The van der Waals surface area contributed by atoms with Gasteiger partial charge in [0, 0.05) is 0 Å². The van der Waals surface area contributed by atoms with Crippen LogP contribution in [0.5, 0.6) is 0 Å². The first kappa shape index (κ1) is 11.6. The normalized spacial score (nSPS) is 6.60. The van der Waals surface area contributed by atoms with Crippen molar-refractivity contribution in [2.75, 3.05) is 0 Å². The Kier molecular flexibility index (Phi) is 9.07. The lowest BCUT2D eigenvalue weighted by Crippen LogP contribution is -1.74. The van der Waals surface area contributed by atoms with Crippen LogP contribution in [-0.2, 0) is 9.59 Å². The van der Waals surface area contributed by atoms with Crippen LogP contribution in [0.25, 0.3) is 0 Å². The number of rotatable bonds is 2. The molecule has 0 heterocycles. The van der Waals surface area contributed by atoms with Crippen molar-refractivity contribution >= 4 is 11.6 Å².